The maximum absolute atomic E-state index is 4.84. The van der Waals surface area contributed by atoms with Gasteiger partial charge in [0.15, 0.2) is 5.82 Å². The normalized spacial score (nSPS) is 11.0. The van der Waals surface area contributed by atoms with E-state index in [2.05, 4.69) is 53.8 Å². The Hall–Kier alpha value is -3.72. The molecule has 1 aromatic heterocycles. The molecule has 1 heterocycles. The average molecular weight is 361 g/mol. The molecule has 0 saturated carbocycles. The second-order valence-corrected chi connectivity index (χ2v) is 6.77. The molecule has 5 aromatic rings. The van der Waals surface area contributed by atoms with E-state index in [0.717, 1.165) is 28.1 Å². The van der Waals surface area contributed by atoms with Crippen molar-refractivity contribution in [3.63, 3.8) is 0 Å². The number of hydrogen-bond acceptors (Lipinski definition) is 3. The number of nitrogens with one attached hydrogen (secondary N) is 1. The minimum Gasteiger partial charge on any atom is -0.365 e. The molecule has 3 heteroatoms. The lowest BCUT2D eigenvalue weighted by Gasteiger charge is -2.12. The Bertz CT molecular complexity index is 1260. The van der Waals surface area contributed by atoms with Gasteiger partial charge in [0.25, 0.3) is 0 Å². The standard InChI is InChI=1S/C25H19N3/c1-2-10-19(11-3-1)24-27-23-16-7-6-15-22(23)25(28-24)26-17-20-13-8-12-18-9-4-5-14-21(18)20/h1-16H,17H2,(H,26,27,28). The SMILES string of the molecule is c1ccc(-c2nc(NCc3cccc4ccccc34)c3ccccc3n2)cc1. The van der Waals surface area contributed by atoms with E-state index in [-0.39, 0.29) is 0 Å². The summed E-state index contributed by atoms with van der Waals surface area (Å²) in [5.74, 6) is 1.59. The highest BCUT2D eigenvalue weighted by molar-refractivity contribution is 5.91. The Labute approximate surface area is 163 Å². The van der Waals surface area contributed by atoms with Gasteiger partial charge in [0.2, 0.25) is 0 Å². The van der Waals surface area contributed by atoms with Crippen LogP contribution in [0.25, 0.3) is 33.1 Å². The molecule has 0 fully saturated rings. The molecule has 0 atom stereocenters. The Morgan fingerprint density at radius 1 is 0.607 bits per heavy atom. The maximum Gasteiger partial charge on any atom is 0.162 e. The number of benzene rings is 4. The zero-order valence-corrected chi connectivity index (χ0v) is 15.3. The zero-order chi connectivity index (χ0) is 18.8. The molecule has 4 aromatic carbocycles. The summed E-state index contributed by atoms with van der Waals surface area (Å²) in [4.78, 5) is 9.60. The molecule has 0 unspecified atom stereocenters. The number of para-hydroxylation sites is 1. The zero-order valence-electron chi connectivity index (χ0n) is 15.3. The predicted molar refractivity (Wildman–Crippen MR) is 116 cm³/mol. The number of rotatable bonds is 4. The van der Waals surface area contributed by atoms with Gasteiger partial charge in [-0.2, -0.15) is 0 Å². The number of nitrogens with zero attached hydrogens (tertiary/aromatic N) is 2. The van der Waals surface area contributed by atoms with Gasteiger partial charge in [0.05, 0.1) is 5.52 Å². The largest absolute Gasteiger partial charge is 0.365 e. The highest BCUT2D eigenvalue weighted by atomic mass is 15.0. The summed E-state index contributed by atoms with van der Waals surface area (Å²) in [6, 6.07) is 33.1. The lowest BCUT2D eigenvalue weighted by Crippen LogP contribution is -2.04. The van der Waals surface area contributed by atoms with Crippen LogP contribution in [0.4, 0.5) is 5.82 Å². The van der Waals surface area contributed by atoms with Crippen LogP contribution in [-0.2, 0) is 6.54 Å². The van der Waals surface area contributed by atoms with Crippen LogP contribution in [0.5, 0.6) is 0 Å². The molecule has 0 spiro atoms. The van der Waals surface area contributed by atoms with Crippen molar-refractivity contribution in [2.45, 2.75) is 6.54 Å². The van der Waals surface area contributed by atoms with Crippen molar-refractivity contribution >= 4 is 27.5 Å². The minimum atomic E-state index is 0.705. The Morgan fingerprint density at radius 3 is 2.21 bits per heavy atom. The topological polar surface area (TPSA) is 37.8 Å². The van der Waals surface area contributed by atoms with Gasteiger partial charge in [-0.3, -0.25) is 0 Å². The Balaban J connectivity index is 1.56. The van der Waals surface area contributed by atoms with E-state index in [0.29, 0.717) is 6.54 Å². The summed E-state index contributed by atoms with van der Waals surface area (Å²) < 4.78 is 0. The van der Waals surface area contributed by atoms with Crippen LogP contribution in [0.2, 0.25) is 0 Å². The predicted octanol–water partition coefficient (Wildman–Crippen LogP) is 6.06. The summed E-state index contributed by atoms with van der Waals surface area (Å²) in [5.41, 5.74) is 3.21. The molecule has 0 aliphatic carbocycles. The number of hydrogen-bond donors (Lipinski definition) is 1. The fourth-order valence-corrected chi connectivity index (χ4v) is 3.55. The summed E-state index contributed by atoms with van der Waals surface area (Å²) in [6.07, 6.45) is 0. The molecular weight excluding hydrogens is 342 g/mol. The second-order valence-electron chi connectivity index (χ2n) is 6.77. The molecule has 3 nitrogen and oxygen atoms in total. The number of aromatic nitrogens is 2. The molecule has 134 valence electrons. The molecule has 5 rings (SSSR count). The van der Waals surface area contributed by atoms with E-state index < -0.39 is 0 Å². The van der Waals surface area contributed by atoms with Crippen LogP contribution in [0.3, 0.4) is 0 Å². The molecule has 28 heavy (non-hydrogen) atoms. The third-order valence-corrected chi connectivity index (χ3v) is 4.96. The van der Waals surface area contributed by atoms with Gasteiger partial charge in [-0.05, 0) is 28.5 Å². The van der Waals surface area contributed by atoms with Crippen molar-refractivity contribution in [2.75, 3.05) is 5.32 Å². The smallest absolute Gasteiger partial charge is 0.162 e. The van der Waals surface area contributed by atoms with Gasteiger partial charge in [0.1, 0.15) is 5.82 Å². The third kappa shape index (κ3) is 3.08. The molecule has 0 amide bonds. The molecule has 0 bridgehead atoms. The summed E-state index contributed by atoms with van der Waals surface area (Å²) in [7, 11) is 0. The average Bonchev–Trinajstić information content (AvgIpc) is 2.78. The van der Waals surface area contributed by atoms with Crippen molar-refractivity contribution < 1.29 is 0 Å². The van der Waals surface area contributed by atoms with Crippen LogP contribution in [-0.4, -0.2) is 9.97 Å². The van der Waals surface area contributed by atoms with Crippen molar-refractivity contribution in [1.29, 1.82) is 0 Å². The maximum atomic E-state index is 4.84. The molecule has 0 saturated heterocycles. The summed E-state index contributed by atoms with van der Waals surface area (Å²) in [5, 5.41) is 7.10. The lowest BCUT2D eigenvalue weighted by atomic mass is 10.0. The van der Waals surface area contributed by atoms with Crippen molar-refractivity contribution in [3.8, 4) is 11.4 Å². The highest BCUT2D eigenvalue weighted by Gasteiger charge is 2.09. The van der Waals surface area contributed by atoms with Crippen LogP contribution >= 0.6 is 0 Å². The third-order valence-electron chi connectivity index (χ3n) is 4.96. The van der Waals surface area contributed by atoms with E-state index >= 15 is 0 Å². The number of anilines is 1. The van der Waals surface area contributed by atoms with E-state index in [1.807, 2.05) is 48.5 Å². The van der Waals surface area contributed by atoms with E-state index in [9.17, 15) is 0 Å². The Morgan fingerprint density at radius 2 is 1.32 bits per heavy atom. The minimum absolute atomic E-state index is 0.705. The van der Waals surface area contributed by atoms with Gasteiger partial charge in [-0.1, -0.05) is 84.9 Å². The van der Waals surface area contributed by atoms with Gasteiger partial charge in [-0.15, -0.1) is 0 Å². The molecule has 1 N–H and O–H groups in total. The van der Waals surface area contributed by atoms with Crippen molar-refractivity contribution in [3.05, 3.63) is 103 Å². The van der Waals surface area contributed by atoms with Gasteiger partial charge >= 0.3 is 0 Å². The fourth-order valence-electron chi connectivity index (χ4n) is 3.55. The quantitative estimate of drug-likeness (QED) is 0.423. The lowest BCUT2D eigenvalue weighted by molar-refractivity contribution is 1.12. The van der Waals surface area contributed by atoms with Crippen LogP contribution in [0.15, 0.2) is 97.1 Å². The van der Waals surface area contributed by atoms with Crippen LogP contribution in [0.1, 0.15) is 5.56 Å². The highest BCUT2D eigenvalue weighted by Crippen LogP contribution is 2.26. The Kier molecular flexibility index (Phi) is 4.19. The van der Waals surface area contributed by atoms with Crippen molar-refractivity contribution in [1.82, 2.24) is 9.97 Å². The van der Waals surface area contributed by atoms with Crippen molar-refractivity contribution in [2.24, 2.45) is 0 Å². The first-order chi connectivity index (χ1) is 13.9. The van der Waals surface area contributed by atoms with Gasteiger partial charge < -0.3 is 5.32 Å². The first-order valence-electron chi connectivity index (χ1n) is 9.41. The monoisotopic (exact) mass is 361 g/mol. The van der Waals surface area contributed by atoms with Crippen LogP contribution < -0.4 is 5.32 Å². The molecule has 0 radical (unpaired) electrons. The fraction of sp³-hybridized carbons (Fsp3) is 0.0400. The molecule has 0 aliphatic heterocycles. The van der Waals surface area contributed by atoms with E-state index in [4.69, 9.17) is 9.97 Å². The van der Waals surface area contributed by atoms with Crippen LogP contribution in [0, 0.1) is 0 Å². The first kappa shape index (κ1) is 16.5. The van der Waals surface area contributed by atoms with E-state index in [1.54, 1.807) is 0 Å². The summed E-state index contributed by atoms with van der Waals surface area (Å²) in [6.45, 7) is 0.705. The summed E-state index contributed by atoms with van der Waals surface area (Å²) >= 11 is 0. The van der Waals surface area contributed by atoms with Gasteiger partial charge in [0, 0.05) is 17.5 Å². The molecular formula is C25H19N3. The first-order valence-corrected chi connectivity index (χ1v) is 9.41. The van der Waals surface area contributed by atoms with Gasteiger partial charge in [-0.25, -0.2) is 9.97 Å². The number of fused-ring (bicyclic) bond motifs is 2. The second kappa shape index (κ2) is 7.12. The van der Waals surface area contributed by atoms with E-state index in [1.165, 1.54) is 16.3 Å². The molecule has 0 aliphatic rings.